The summed E-state index contributed by atoms with van der Waals surface area (Å²) in [5.41, 5.74) is -0.954. The highest BCUT2D eigenvalue weighted by Gasteiger charge is 2.35. The summed E-state index contributed by atoms with van der Waals surface area (Å²) in [6.07, 6.45) is -7.58. The molecule has 2 atom stereocenters. The number of esters is 1. The van der Waals surface area contributed by atoms with Crippen LogP contribution in [0.5, 0.6) is 11.5 Å². The number of nitrogens with zero attached hydrogens (tertiary/aromatic N) is 1. The molecule has 0 aliphatic carbocycles. The number of nitro groups is 1. The molecule has 0 spiro atoms. The third-order valence-corrected chi connectivity index (χ3v) is 4.42. The van der Waals surface area contributed by atoms with Crippen molar-refractivity contribution in [2.24, 2.45) is 0 Å². The van der Waals surface area contributed by atoms with Gasteiger partial charge in [-0.1, -0.05) is 23.7 Å². The molecular weight excluding hydrogens is 487 g/mol. The van der Waals surface area contributed by atoms with Crippen LogP contribution in [0.15, 0.2) is 42.5 Å². The molecule has 2 aromatic carbocycles. The standard InChI is InChI=1S/C21H19ClF3NO8/c1-12(10-31-2)33-20(28)19(26(29)30)32-11-17(27)13-4-3-5-15(8-13)34-18-7-6-14(9-16(18)22)21(23,24)25/h3-9,12,19H,10-11H2,1-2H3. The van der Waals surface area contributed by atoms with E-state index in [1.165, 1.54) is 38.3 Å². The zero-order chi connectivity index (χ0) is 25.5. The van der Waals surface area contributed by atoms with Gasteiger partial charge in [0.2, 0.25) is 0 Å². The number of rotatable bonds is 11. The van der Waals surface area contributed by atoms with Gasteiger partial charge in [0.15, 0.2) is 5.78 Å². The molecule has 0 fully saturated rings. The Morgan fingerprint density at radius 3 is 2.47 bits per heavy atom. The van der Waals surface area contributed by atoms with Gasteiger partial charge in [0.05, 0.1) is 22.1 Å². The third-order valence-electron chi connectivity index (χ3n) is 4.13. The van der Waals surface area contributed by atoms with Crippen LogP contribution in [0.25, 0.3) is 0 Å². The molecule has 2 unspecified atom stereocenters. The van der Waals surface area contributed by atoms with E-state index in [9.17, 15) is 32.9 Å². The molecule has 0 N–H and O–H groups in total. The Labute approximate surface area is 196 Å². The van der Waals surface area contributed by atoms with Gasteiger partial charge in [0, 0.05) is 12.7 Å². The molecule has 0 amide bonds. The predicted octanol–water partition coefficient (Wildman–Crippen LogP) is 4.53. The first-order chi connectivity index (χ1) is 15.9. The number of carbonyl (C=O) groups is 2. The van der Waals surface area contributed by atoms with Crippen molar-refractivity contribution in [2.75, 3.05) is 20.3 Å². The predicted molar refractivity (Wildman–Crippen MR) is 111 cm³/mol. The van der Waals surface area contributed by atoms with Crippen LogP contribution in [0, 0.1) is 10.1 Å². The third kappa shape index (κ3) is 7.68. The number of methoxy groups -OCH3 is 1. The SMILES string of the molecule is COCC(C)OC(=O)C(OCC(=O)c1cccc(Oc2ccc(C(F)(F)F)cc2Cl)c1)[N+](=O)[O-]. The summed E-state index contributed by atoms with van der Waals surface area (Å²) < 4.78 is 58.2. The summed E-state index contributed by atoms with van der Waals surface area (Å²) in [6.45, 7) is 0.632. The lowest BCUT2D eigenvalue weighted by Crippen LogP contribution is -2.38. The number of ketones is 1. The number of alkyl halides is 3. The van der Waals surface area contributed by atoms with E-state index in [0.29, 0.717) is 6.07 Å². The first kappa shape index (κ1) is 27.0. The number of hydrogen-bond acceptors (Lipinski definition) is 8. The van der Waals surface area contributed by atoms with Crippen molar-refractivity contribution in [3.8, 4) is 11.5 Å². The van der Waals surface area contributed by atoms with Crippen LogP contribution in [0.1, 0.15) is 22.8 Å². The maximum absolute atomic E-state index is 12.8. The number of halogens is 4. The van der Waals surface area contributed by atoms with E-state index in [-0.39, 0.29) is 28.7 Å². The van der Waals surface area contributed by atoms with E-state index in [4.69, 9.17) is 30.5 Å². The van der Waals surface area contributed by atoms with Crippen LogP contribution < -0.4 is 4.74 Å². The zero-order valence-corrected chi connectivity index (χ0v) is 18.6. The molecule has 0 radical (unpaired) electrons. The van der Waals surface area contributed by atoms with Gasteiger partial charge in [-0.15, -0.1) is 0 Å². The Hall–Kier alpha value is -3.22. The molecule has 34 heavy (non-hydrogen) atoms. The van der Waals surface area contributed by atoms with Crippen molar-refractivity contribution in [3.63, 3.8) is 0 Å². The van der Waals surface area contributed by atoms with Crippen molar-refractivity contribution in [3.05, 3.63) is 68.7 Å². The molecule has 0 heterocycles. The normalized spacial score (nSPS) is 13.1. The summed E-state index contributed by atoms with van der Waals surface area (Å²) in [7, 11) is 1.35. The molecule has 2 rings (SSSR count). The Bertz CT molecular complexity index is 1050. The minimum absolute atomic E-state index is 0.00347. The smallest absolute Gasteiger partial charge is 0.416 e. The fourth-order valence-corrected chi connectivity index (χ4v) is 2.82. The second kappa shape index (κ2) is 11.8. The average molecular weight is 506 g/mol. The highest BCUT2D eigenvalue weighted by Crippen LogP contribution is 2.36. The monoisotopic (exact) mass is 505 g/mol. The number of benzene rings is 2. The Balaban J connectivity index is 2.06. The highest BCUT2D eigenvalue weighted by atomic mass is 35.5. The first-order valence-corrected chi connectivity index (χ1v) is 9.92. The number of ether oxygens (including phenoxy) is 4. The fraction of sp³-hybridized carbons (Fsp3) is 0.333. The second-order valence-corrected chi connectivity index (χ2v) is 7.25. The van der Waals surface area contributed by atoms with E-state index in [2.05, 4.69) is 0 Å². The molecule has 0 aromatic heterocycles. The second-order valence-electron chi connectivity index (χ2n) is 6.85. The number of hydrogen-bond donors (Lipinski definition) is 0. The first-order valence-electron chi connectivity index (χ1n) is 9.54. The number of Topliss-reactive ketones (excluding diaryl/α,β-unsaturated/α-hetero) is 1. The van der Waals surface area contributed by atoms with Crippen LogP contribution in [0.4, 0.5) is 13.2 Å². The van der Waals surface area contributed by atoms with E-state index < -0.39 is 47.4 Å². The molecule has 184 valence electrons. The Kier molecular flexibility index (Phi) is 9.36. The van der Waals surface area contributed by atoms with Crippen molar-refractivity contribution < 1.29 is 46.6 Å². The van der Waals surface area contributed by atoms with Gasteiger partial charge in [-0.05, 0) is 37.3 Å². The average Bonchev–Trinajstić information content (AvgIpc) is 2.74. The van der Waals surface area contributed by atoms with Crippen LogP contribution in [-0.2, 0) is 25.2 Å². The molecule has 0 bridgehead atoms. The van der Waals surface area contributed by atoms with Gasteiger partial charge in [-0.25, -0.2) is 4.79 Å². The van der Waals surface area contributed by atoms with Gasteiger partial charge < -0.3 is 14.2 Å². The Morgan fingerprint density at radius 2 is 1.88 bits per heavy atom. The van der Waals surface area contributed by atoms with E-state index in [0.717, 1.165) is 12.1 Å². The van der Waals surface area contributed by atoms with Crippen molar-refractivity contribution in [1.82, 2.24) is 0 Å². The summed E-state index contributed by atoms with van der Waals surface area (Å²) in [4.78, 5) is 34.5. The summed E-state index contributed by atoms with van der Waals surface area (Å²) in [5, 5.41) is 10.8. The molecular formula is C21H19ClF3NO8. The van der Waals surface area contributed by atoms with Crippen molar-refractivity contribution in [2.45, 2.75) is 25.4 Å². The van der Waals surface area contributed by atoms with Gasteiger partial charge in [0.1, 0.15) is 24.2 Å². The quantitative estimate of drug-likeness (QED) is 0.144. The van der Waals surface area contributed by atoms with E-state index >= 15 is 0 Å². The van der Waals surface area contributed by atoms with Crippen LogP contribution >= 0.6 is 11.6 Å². The molecule has 9 nitrogen and oxygen atoms in total. The van der Waals surface area contributed by atoms with E-state index in [1.54, 1.807) is 0 Å². The molecule has 0 aliphatic rings. The summed E-state index contributed by atoms with van der Waals surface area (Å²) in [6, 6.07) is 7.93. The molecule has 0 saturated carbocycles. The molecule has 0 aliphatic heterocycles. The maximum Gasteiger partial charge on any atom is 0.416 e. The summed E-state index contributed by atoms with van der Waals surface area (Å²) in [5.74, 6) is -2.05. The largest absolute Gasteiger partial charge is 0.456 e. The van der Waals surface area contributed by atoms with Crippen LogP contribution in [0.2, 0.25) is 5.02 Å². The number of carbonyl (C=O) groups excluding carboxylic acids is 2. The Morgan fingerprint density at radius 1 is 1.18 bits per heavy atom. The fourth-order valence-electron chi connectivity index (χ4n) is 2.60. The molecule has 2 aromatic rings. The maximum atomic E-state index is 12.8. The summed E-state index contributed by atoms with van der Waals surface area (Å²) >= 11 is 5.86. The minimum atomic E-state index is -4.58. The van der Waals surface area contributed by atoms with Crippen LogP contribution in [0.3, 0.4) is 0 Å². The molecule has 0 saturated heterocycles. The lowest BCUT2D eigenvalue weighted by atomic mass is 10.1. The van der Waals surface area contributed by atoms with Gasteiger partial charge in [-0.2, -0.15) is 13.2 Å². The van der Waals surface area contributed by atoms with Crippen LogP contribution in [-0.4, -0.2) is 49.3 Å². The zero-order valence-electron chi connectivity index (χ0n) is 17.8. The van der Waals surface area contributed by atoms with Crippen molar-refractivity contribution in [1.29, 1.82) is 0 Å². The lowest BCUT2D eigenvalue weighted by Gasteiger charge is -2.14. The lowest BCUT2D eigenvalue weighted by molar-refractivity contribution is -0.560. The minimum Gasteiger partial charge on any atom is -0.456 e. The van der Waals surface area contributed by atoms with E-state index in [1.807, 2.05) is 0 Å². The van der Waals surface area contributed by atoms with Gasteiger partial charge in [0.25, 0.3) is 0 Å². The van der Waals surface area contributed by atoms with Gasteiger partial charge >= 0.3 is 18.4 Å². The van der Waals surface area contributed by atoms with Crippen molar-refractivity contribution >= 4 is 23.4 Å². The molecule has 13 heteroatoms. The highest BCUT2D eigenvalue weighted by molar-refractivity contribution is 6.32. The van der Waals surface area contributed by atoms with Gasteiger partial charge in [-0.3, -0.25) is 19.6 Å². The topological polar surface area (TPSA) is 114 Å².